The van der Waals surface area contributed by atoms with Gasteiger partial charge in [-0.15, -0.1) is 0 Å². The van der Waals surface area contributed by atoms with Gasteiger partial charge in [0, 0.05) is 24.3 Å². The van der Waals surface area contributed by atoms with Crippen LogP contribution in [-0.2, 0) is 17.7 Å². The minimum Gasteiger partial charge on any atom is -0.444 e. The van der Waals surface area contributed by atoms with Crippen molar-refractivity contribution in [3.8, 4) is 0 Å². The lowest BCUT2D eigenvalue weighted by Crippen LogP contribution is -2.36. The average molecular weight is 322 g/mol. The molecule has 0 saturated heterocycles. The zero-order valence-corrected chi connectivity index (χ0v) is 14.5. The Morgan fingerprint density at radius 1 is 1.35 bits per heavy atom. The van der Waals surface area contributed by atoms with Gasteiger partial charge in [0.05, 0.1) is 12.2 Å². The van der Waals surface area contributed by atoms with Crippen LogP contribution in [0.15, 0.2) is 6.20 Å². The number of rotatable bonds is 1. The van der Waals surface area contributed by atoms with E-state index in [1.807, 2.05) is 34.6 Å². The van der Waals surface area contributed by atoms with Crippen molar-refractivity contribution in [3.63, 3.8) is 0 Å². The van der Waals surface area contributed by atoms with Gasteiger partial charge in [0.25, 0.3) is 0 Å². The normalized spacial score (nSPS) is 15.1. The fraction of sp³-hybridized carbons (Fsp3) is 0.688. The first-order valence-corrected chi connectivity index (χ1v) is 8.02. The molecule has 7 nitrogen and oxygen atoms in total. The Balaban J connectivity index is 2.12. The molecule has 0 unspecified atom stereocenters. The molecule has 1 aliphatic rings. The summed E-state index contributed by atoms with van der Waals surface area (Å²) in [6, 6.07) is -0.207. The molecular weight excluding hydrogens is 296 g/mol. The summed E-state index contributed by atoms with van der Waals surface area (Å²) in [5.41, 5.74) is 1.25. The number of ether oxygens (including phenoxy) is 1. The van der Waals surface area contributed by atoms with E-state index in [1.54, 1.807) is 11.1 Å². The minimum atomic E-state index is -0.520. The number of nitrogens with one attached hydrogen (secondary N) is 1. The first-order chi connectivity index (χ1) is 10.7. The molecule has 0 saturated carbocycles. The summed E-state index contributed by atoms with van der Waals surface area (Å²) < 4.78 is 6.76. The van der Waals surface area contributed by atoms with Crippen LogP contribution in [0.1, 0.15) is 52.3 Å². The molecule has 23 heavy (non-hydrogen) atoms. The number of hydrogen-bond acceptors (Lipinski definition) is 4. The minimum absolute atomic E-state index is 0.0461. The van der Waals surface area contributed by atoms with Crippen LogP contribution in [0.25, 0.3) is 0 Å². The number of amides is 2. The maximum absolute atomic E-state index is 12.3. The van der Waals surface area contributed by atoms with Crippen LogP contribution in [-0.4, -0.2) is 45.0 Å². The van der Waals surface area contributed by atoms with Crippen molar-refractivity contribution >= 4 is 12.1 Å². The smallest absolute Gasteiger partial charge is 0.410 e. The summed E-state index contributed by atoms with van der Waals surface area (Å²) >= 11 is 0. The highest BCUT2D eigenvalue weighted by molar-refractivity contribution is 5.76. The summed E-state index contributed by atoms with van der Waals surface area (Å²) in [4.78, 5) is 26.0. The van der Waals surface area contributed by atoms with Crippen molar-refractivity contribution in [3.05, 3.63) is 17.5 Å². The Hall–Kier alpha value is -2.05. The van der Waals surface area contributed by atoms with Gasteiger partial charge < -0.3 is 15.0 Å². The van der Waals surface area contributed by atoms with E-state index in [4.69, 9.17) is 4.74 Å². The van der Waals surface area contributed by atoms with Crippen molar-refractivity contribution in [2.45, 2.75) is 65.6 Å². The van der Waals surface area contributed by atoms with Crippen molar-refractivity contribution < 1.29 is 14.3 Å². The van der Waals surface area contributed by atoms with Crippen LogP contribution in [0.5, 0.6) is 0 Å². The van der Waals surface area contributed by atoms with Gasteiger partial charge in [0.15, 0.2) is 0 Å². The SMILES string of the molecule is CC(C)NC(=O)n1cc2c(n1)CCCN(C(=O)OC(C)(C)C)C2. The lowest BCUT2D eigenvalue weighted by Gasteiger charge is -2.26. The third-order valence-electron chi connectivity index (χ3n) is 3.35. The largest absolute Gasteiger partial charge is 0.444 e. The maximum Gasteiger partial charge on any atom is 0.410 e. The fourth-order valence-corrected chi connectivity index (χ4v) is 2.41. The molecule has 2 heterocycles. The Bertz CT molecular complexity index is 587. The van der Waals surface area contributed by atoms with Gasteiger partial charge >= 0.3 is 12.1 Å². The number of carbonyl (C=O) groups is 2. The first-order valence-electron chi connectivity index (χ1n) is 8.02. The number of carbonyl (C=O) groups excluding carboxylic acids is 2. The highest BCUT2D eigenvalue weighted by Gasteiger charge is 2.26. The molecule has 0 radical (unpaired) electrons. The van der Waals surface area contributed by atoms with E-state index in [2.05, 4.69) is 10.4 Å². The maximum atomic E-state index is 12.3. The van der Waals surface area contributed by atoms with Gasteiger partial charge in [-0.3, -0.25) is 0 Å². The predicted octanol–water partition coefficient (Wildman–Crippen LogP) is 2.53. The van der Waals surface area contributed by atoms with Crippen LogP contribution >= 0.6 is 0 Å². The third-order valence-corrected chi connectivity index (χ3v) is 3.35. The second-order valence-corrected chi connectivity index (χ2v) is 7.16. The summed E-state index contributed by atoms with van der Waals surface area (Å²) in [5.74, 6) is 0. The fourth-order valence-electron chi connectivity index (χ4n) is 2.41. The molecule has 1 N–H and O–H groups in total. The van der Waals surface area contributed by atoms with Gasteiger partial charge in [-0.25, -0.2) is 9.59 Å². The summed E-state index contributed by atoms with van der Waals surface area (Å²) in [7, 11) is 0. The highest BCUT2D eigenvalue weighted by atomic mass is 16.6. The van der Waals surface area contributed by atoms with E-state index in [-0.39, 0.29) is 18.2 Å². The molecule has 7 heteroatoms. The second-order valence-electron chi connectivity index (χ2n) is 7.16. The molecule has 0 aliphatic carbocycles. The van der Waals surface area contributed by atoms with Crippen LogP contribution in [0.2, 0.25) is 0 Å². The number of fused-ring (bicyclic) bond motifs is 1. The van der Waals surface area contributed by atoms with E-state index in [0.29, 0.717) is 13.1 Å². The summed E-state index contributed by atoms with van der Waals surface area (Å²) in [5, 5.41) is 7.16. The topological polar surface area (TPSA) is 76.5 Å². The standard InChI is InChI=1S/C16H26N4O3/c1-11(2)17-14(21)20-10-12-9-19(8-6-7-13(12)18-20)15(22)23-16(3,4)5/h10-11H,6-9H2,1-5H3,(H,17,21). The Labute approximate surface area is 137 Å². The number of hydrogen-bond donors (Lipinski definition) is 1. The molecule has 2 rings (SSSR count). The van der Waals surface area contributed by atoms with Crippen molar-refractivity contribution in [2.24, 2.45) is 0 Å². The van der Waals surface area contributed by atoms with Crippen molar-refractivity contribution in [1.29, 1.82) is 0 Å². The molecule has 0 fully saturated rings. The van der Waals surface area contributed by atoms with Gasteiger partial charge in [-0.1, -0.05) is 0 Å². The molecule has 1 aromatic rings. The molecule has 0 aromatic carbocycles. The lowest BCUT2D eigenvalue weighted by molar-refractivity contribution is 0.0236. The van der Waals surface area contributed by atoms with Gasteiger partial charge in [-0.05, 0) is 47.5 Å². The summed E-state index contributed by atoms with van der Waals surface area (Å²) in [6.45, 7) is 10.4. The monoisotopic (exact) mass is 322 g/mol. The van der Waals surface area contributed by atoms with Gasteiger partial charge in [-0.2, -0.15) is 9.78 Å². The molecule has 1 aromatic heterocycles. The quantitative estimate of drug-likeness (QED) is 0.862. The van der Waals surface area contributed by atoms with Crippen LogP contribution in [0.3, 0.4) is 0 Å². The second kappa shape index (κ2) is 6.60. The van der Waals surface area contributed by atoms with E-state index >= 15 is 0 Å². The van der Waals surface area contributed by atoms with E-state index < -0.39 is 5.60 Å². The molecule has 0 bridgehead atoms. The summed E-state index contributed by atoms with van der Waals surface area (Å²) in [6.07, 6.45) is 2.92. The Kier molecular flexibility index (Phi) is 4.97. The molecule has 128 valence electrons. The molecule has 1 aliphatic heterocycles. The Morgan fingerprint density at radius 2 is 2.04 bits per heavy atom. The molecule has 0 atom stereocenters. The van der Waals surface area contributed by atoms with E-state index in [9.17, 15) is 9.59 Å². The molecular formula is C16H26N4O3. The zero-order chi connectivity index (χ0) is 17.2. The predicted molar refractivity (Wildman–Crippen MR) is 86.3 cm³/mol. The zero-order valence-electron chi connectivity index (χ0n) is 14.5. The highest BCUT2D eigenvalue weighted by Crippen LogP contribution is 2.19. The van der Waals surface area contributed by atoms with Crippen LogP contribution < -0.4 is 5.32 Å². The van der Waals surface area contributed by atoms with E-state index in [1.165, 1.54) is 4.68 Å². The van der Waals surface area contributed by atoms with Crippen molar-refractivity contribution in [2.75, 3.05) is 6.54 Å². The number of aryl methyl sites for hydroxylation is 1. The van der Waals surface area contributed by atoms with Crippen molar-refractivity contribution in [1.82, 2.24) is 20.0 Å². The average Bonchev–Trinajstić information content (AvgIpc) is 2.68. The van der Waals surface area contributed by atoms with E-state index in [0.717, 1.165) is 24.1 Å². The van der Waals surface area contributed by atoms with Crippen LogP contribution in [0.4, 0.5) is 9.59 Å². The number of aromatic nitrogens is 2. The molecule has 2 amide bonds. The van der Waals surface area contributed by atoms with Gasteiger partial charge in [0.1, 0.15) is 5.60 Å². The third kappa shape index (κ3) is 4.71. The Morgan fingerprint density at radius 3 is 2.65 bits per heavy atom. The first kappa shape index (κ1) is 17.3. The lowest BCUT2D eigenvalue weighted by atomic mass is 10.2. The van der Waals surface area contributed by atoms with Gasteiger partial charge in [0.2, 0.25) is 0 Å². The number of nitrogens with zero attached hydrogens (tertiary/aromatic N) is 3. The van der Waals surface area contributed by atoms with Crippen LogP contribution in [0, 0.1) is 0 Å². The molecule has 0 spiro atoms.